The van der Waals surface area contributed by atoms with E-state index in [-0.39, 0.29) is 5.91 Å². The summed E-state index contributed by atoms with van der Waals surface area (Å²) in [6, 6.07) is 10.6. The van der Waals surface area contributed by atoms with Gasteiger partial charge in [0.2, 0.25) is 0 Å². The smallest absolute Gasteiger partial charge is 0.255 e. The number of fused-ring (bicyclic) bond motifs is 1. The van der Waals surface area contributed by atoms with Crippen LogP contribution in [0.2, 0.25) is 5.02 Å². The van der Waals surface area contributed by atoms with Crippen LogP contribution in [-0.2, 0) is 0 Å². The quantitative estimate of drug-likeness (QED) is 0.755. The average Bonchev–Trinajstić information content (AvgIpc) is 2.49. The molecule has 6 heteroatoms. The summed E-state index contributed by atoms with van der Waals surface area (Å²) in [6.07, 6.45) is 0. The third-order valence-corrected chi connectivity index (χ3v) is 3.97. The molecule has 1 amide bonds. The van der Waals surface area contributed by atoms with Crippen LogP contribution in [0.3, 0.4) is 0 Å². The number of rotatable bonds is 2. The average molecular weight is 416 g/mol. The van der Waals surface area contributed by atoms with Crippen molar-refractivity contribution in [2.24, 2.45) is 0 Å². The summed E-state index contributed by atoms with van der Waals surface area (Å²) in [5.74, 6) is 1.00. The van der Waals surface area contributed by atoms with Crippen molar-refractivity contribution in [3.63, 3.8) is 0 Å². The highest BCUT2D eigenvalue weighted by Gasteiger charge is 2.15. The molecule has 0 radical (unpaired) electrons. The predicted molar refractivity (Wildman–Crippen MR) is 89.6 cm³/mol. The zero-order valence-corrected chi connectivity index (χ0v) is 13.8. The number of hydrogen-bond donors (Lipinski definition) is 1. The topological polar surface area (TPSA) is 47.6 Å². The lowest BCUT2D eigenvalue weighted by Gasteiger charge is -2.18. The summed E-state index contributed by atoms with van der Waals surface area (Å²) in [7, 11) is 0. The van der Waals surface area contributed by atoms with E-state index in [0.29, 0.717) is 41.0 Å². The summed E-state index contributed by atoms with van der Waals surface area (Å²) < 4.78 is 11.9. The maximum Gasteiger partial charge on any atom is 0.255 e. The van der Waals surface area contributed by atoms with Crippen LogP contribution in [0.5, 0.6) is 11.5 Å². The molecular formula is C15H11ClINO3. The lowest BCUT2D eigenvalue weighted by atomic mass is 10.1. The van der Waals surface area contributed by atoms with Crippen molar-refractivity contribution in [1.29, 1.82) is 0 Å². The van der Waals surface area contributed by atoms with Crippen molar-refractivity contribution < 1.29 is 14.3 Å². The van der Waals surface area contributed by atoms with Gasteiger partial charge in [0, 0.05) is 9.13 Å². The van der Waals surface area contributed by atoms with Gasteiger partial charge in [0.15, 0.2) is 11.5 Å². The van der Waals surface area contributed by atoms with Crippen LogP contribution in [0, 0.1) is 3.57 Å². The van der Waals surface area contributed by atoms with Crippen molar-refractivity contribution in [3.8, 4) is 11.5 Å². The van der Waals surface area contributed by atoms with Crippen LogP contribution in [0.4, 0.5) is 5.69 Å². The van der Waals surface area contributed by atoms with Crippen molar-refractivity contribution in [2.75, 3.05) is 18.5 Å². The maximum absolute atomic E-state index is 12.3. The fraction of sp³-hybridized carbons (Fsp3) is 0.133. The molecule has 0 unspecified atom stereocenters. The molecule has 0 saturated carbocycles. The van der Waals surface area contributed by atoms with Gasteiger partial charge in [0.1, 0.15) is 13.2 Å². The van der Waals surface area contributed by atoms with Crippen molar-refractivity contribution in [3.05, 3.63) is 50.6 Å². The maximum atomic E-state index is 12.3. The Bertz CT molecular complexity index is 705. The third-order valence-electron chi connectivity index (χ3n) is 2.98. The van der Waals surface area contributed by atoms with Gasteiger partial charge in [-0.2, -0.15) is 0 Å². The fourth-order valence-electron chi connectivity index (χ4n) is 1.97. The summed E-state index contributed by atoms with van der Waals surface area (Å²) in [5.41, 5.74) is 1.07. The lowest BCUT2D eigenvalue weighted by molar-refractivity contribution is 0.102. The minimum Gasteiger partial charge on any atom is -0.486 e. The molecule has 2 aromatic carbocycles. The van der Waals surface area contributed by atoms with Gasteiger partial charge < -0.3 is 14.8 Å². The molecule has 1 heterocycles. The number of anilines is 1. The Morgan fingerprint density at radius 3 is 2.62 bits per heavy atom. The molecule has 0 fully saturated rings. The second kappa shape index (κ2) is 6.11. The summed E-state index contributed by atoms with van der Waals surface area (Å²) >= 11 is 8.28. The Morgan fingerprint density at radius 1 is 1.10 bits per heavy atom. The van der Waals surface area contributed by atoms with Gasteiger partial charge in [-0.25, -0.2) is 0 Å². The largest absolute Gasteiger partial charge is 0.486 e. The van der Waals surface area contributed by atoms with E-state index in [2.05, 4.69) is 27.9 Å². The number of hydrogen-bond acceptors (Lipinski definition) is 3. The summed E-state index contributed by atoms with van der Waals surface area (Å²) in [5, 5.41) is 3.30. The number of amides is 1. The molecule has 2 aromatic rings. The molecule has 108 valence electrons. The normalized spacial score (nSPS) is 12.9. The van der Waals surface area contributed by atoms with Crippen LogP contribution in [0.25, 0.3) is 0 Å². The molecule has 1 N–H and O–H groups in total. The van der Waals surface area contributed by atoms with E-state index in [1.807, 2.05) is 6.07 Å². The Balaban J connectivity index is 1.82. The molecule has 0 atom stereocenters. The molecule has 4 nitrogen and oxygen atoms in total. The minimum atomic E-state index is -0.241. The SMILES string of the molecule is O=C(Nc1ccc(I)cc1Cl)c1ccc2c(c1)OCCO2. The van der Waals surface area contributed by atoms with E-state index in [1.165, 1.54) is 0 Å². The second-order valence-electron chi connectivity index (χ2n) is 4.44. The molecule has 0 spiro atoms. The van der Waals surface area contributed by atoms with Gasteiger partial charge in [-0.1, -0.05) is 11.6 Å². The molecule has 0 saturated heterocycles. The Hall–Kier alpha value is -1.47. The van der Waals surface area contributed by atoms with Gasteiger partial charge in [0.05, 0.1) is 10.7 Å². The highest BCUT2D eigenvalue weighted by atomic mass is 127. The van der Waals surface area contributed by atoms with E-state index in [1.54, 1.807) is 30.3 Å². The molecular weight excluding hydrogens is 405 g/mol. The van der Waals surface area contributed by atoms with Gasteiger partial charge in [-0.15, -0.1) is 0 Å². The molecule has 1 aliphatic heterocycles. The highest BCUT2D eigenvalue weighted by molar-refractivity contribution is 14.1. The second-order valence-corrected chi connectivity index (χ2v) is 6.09. The summed E-state index contributed by atoms with van der Waals surface area (Å²) in [6.45, 7) is 1.01. The molecule has 3 rings (SSSR count). The predicted octanol–water partition coefficient (Wildman–Crippen LogP) is 3.97. The fourth-order valence-corrected chi connectivity index (χ4v) is 2.87. The Kier molecular flexibility index (Phi) is 4.21. The molecule has 0 aromatic heterocycles. The van der Waals surface area contributed by atoms with E-state index in [0.717, 1.165) is 3.57 Å². The van der Waals surface area contributed by atoms with Crippen LogP contribution >= 0.6 is 34.2 Å². The lowest BCUT2D eigenvalue weighted by Crippen LogP contribution is -2.17. The van der Waals surface area contributed by atoms with Crippen molar-refractivity contribution in [1.82, 2.24) is 0 Å². The first kappa shape index (κ1) is 14.5. The first-order chi connectivity index (χ1) is 10.1. The number of carbonyl (C=O) groups is 1. The van der Waals surface area contributed by atoms with Crippen LogP contribution in [0.15, 0.2) is 36.4 Å². The Labute approximate surface area is 140 Å². The molecule has 0 aliphatic carbocycles. The van der Waals surface area contributed by atoms with Gasteiger partial charge in [-0.05, 0) is 59.0 Å². The van der Waals surface area contributed by atoms with Crippen molar-refractivity contribution >= 4 is 45.8 Å². The van der Waals surface area contributed by atoms with E-state index >= 15 is 0 Å². The Morgan fingerprint density at radius 2 is 1.86 bits per heavy atom. The van der Waals surface area contributed by atoms with E-state index < -0.39 is 0 Å². The summed E-state index contributed by atoms with van der Waals surface area (Å²) in [4.78, 5) is 12.3. The van der Waals surface area contributed by atoms with E-state index in [4.69, 9.17) is 21.1 Å². The van der Waals surface area contributed by atoms with E-state index in [9.17, 15) is 4.79 Å². The third kappa shape index (κ3) is 3.24. The van der Waals surface area contributed by atoms with Gasteiger partial charge >= 0.3 is 0 Å². The van der Waals surface area contributed by atoms with Crippen LogP contribution < -0.4 is 14.8 Å². The zero-order valence-electron chi connectivity index (χ0n) is 10.9. The highest BCUT2D eigenvalue weighted by Crippen LogP contribution is 2.31. The van der Waals surface area contributed by atoms with Crippen LogP contribution in [-0.4, -0.2) is 19.1 Å². The number of nitrogens with one attached hydrogen (secondary N) is 1. The first-order valence-electron chi connectivity index (χ1n) is 6.29. The van der Waals surface area contributed by atoms with Gasteiger partial charge in [-0.3, -0.25) is 4.79 Å². The number of halogens is 2. The number of carbonyl (C=O) groups excluding carboxylic acids is 1. The number of benzene rings is 2. The molecule has 1 aliphatic rings. The molecule has 21 heavy (non-hydrogen) atoms. The minimum absolute atomic E-state index is 0.241. The van der Waals surface area contributed by atoms with Crippen molar-refractivity contribution in [2.45, 2.75) is 0 Å². The molecule has 0 bridgehead atoms. The standard InChI is InChI=1S/C15H11ClINO3/c16-11-8-10(17)2-3-12(11)18-15(19)9-1-4-13-14(7-9)21-6-5-20-13/h1-4,7-8H,5-6H2,(H,18,19). The number of ether oxygens (including phenoxy) is 2. The first-order valence-corrected chi connectivity index (χ1v) is 7.75. The monoisotopic (exact) mass is 415 g/mol. The zero-order chi connectivity index (χ0) is 14.8. The van der Waals surface area contributed by atoms with Gasteiger partial charge in [0.25, 0.3) is 5.91 Å². The van der Waals surface area contributed by atoms with Crippen LogP contribution in [0.1, 0.15) is 10.4 Å².